The largest absolute Gasteiger partial charge is 0.378 e. The number of hydrogen-bond acceptors (Lipinski definition) is 5. The third-order valence-electron chi connectivity index (χ3n) is 7.65. The minimum atomic E-state index is -0.957. The van der Waals surface area contributed by atoms with Gasteiger partial charge in [0, 0.05) is 55.5 Å². The van der Waals surface area contributed by atoms with Crippen molar-refractivity contribution in [2.75, 3.05) is 31.2 Å². The summed E-state index contributed by atoms with van der Waals surface area (Å²) >= 11 is 0. The van der Waals surface area contributed by atoms with Crippen LogP contribution in [0.15, 0.2) is 18.2 Å². The van der Waals surface area contributed by atoms with Crippen LogP contribution in [0.2, 0.25) is 0 Å². The maximum atomic E-state index is 15.2. The fourth-order valence-electron chi connectivity index (χ4n) is 5.39. The standard InChI is InChI=1S/C27H35F2N5O/c1-5-18-13-20-17(3)25(24-12-16(2)33(4)32-24)27(31-26(20)21(28)14-18)34-9-6-19(7-10-34)30-23-8-11-35-15-22(23)29/h12-14,19,22-23,30H,5-11,15H2,1-4H3/t22-,23+/m1/s1. The van der Waals surface area contributed by atoms with Crippen molar-refractivity contribution < 1.29 is 13.5 Å². The smallest absolute Gasteiger partial charge is 0.149 e. The normalized spacial score (nSPS) is 21.7. The Bertz CT molecular complexity index is 1200. The van der Waals surface area contributed by atoms with Crippen LogP contribution in [0.3, 0.4) is 0 Å². The molecular weight excluding hydrogens is 448 g/mol. The van der Waals surface area contributed by atoms with Gasteiger partial charge in [-0.1, -0.05) is 6.92 Å². The Balaban J connectivity index is 1.49. The molecule has 1 N–H and O–H groups in total. The SMILES string of the molecule is CCc1cc(F)c2nc(N3CCC(N[C@H]4CCOC[C@H]4F)CC3)c(-c3cc(C)n(C)n3)c(C)c2c1. The van der Waals surface area contributed by atoms with Gasteiger partial charge in [0.15, 0.2) is 0 Å². The van der Waals surface area contributed by atoms with E-state index in [-0.39, 0.29) is 24.5 Å². The Morgan fingerprint density at radius 2 is 1.91 bits per heavy atom. The first-order valence-corrected chi connectivity index (χ1v) is 12.7. The molecule has 8 heteroatoms. The summed E-state index contributed by atoms with van der Waals surface area (Å²) in [6.07, 6.45) is 2.26. The average Bonchev–Trinajstić information content (AvgIpc) is 3.18. The van der Waals surface area contributed by atoms with Gasteiger partial charge in [0.25, 0.3) is 0 Å². The maximum absolute atomic E-state index is 15.2. The molecule has 0 amide bonds. The van der Waals surface area contributed by atoms with Crippen molar-refractivity contribution in [3.8, 4) is 11.3 Å². The molecule has 188 valence electrons. The van der Waals surface area contributed by atoms with Gasteiger partial charge < -0.3 is 15.0 Å². The van der Waals surface area contributed by atoms with E-state index in [4.69, 9.17) is 14.8 Å². The number of aromatic nitrogens is 3. The molecule has 0 saturated carbocycles. The minimum Gasteiger partial charge on any atom is -0.378 e. The summed E-state index contributed by atoms with van der Waals surface area (Å²) in [6, 6.07) is 5.83. The summed E-state index contributed by atoms with van der Waals surface area (Å²) in [5.74, 6) is 0.502. The lowest BCUT2D eigenvalue weighted by molar-refractivity contribution is 0.0101. The summed E-state index contributed by atoms with van der Waals surface area (Å²) in [7, 11) is 1.93. The highest BCUT2D eigenvalue weighted by Crippen LogP contribution is 2.38. The number of hydrogen-bond donors (Lipinski definition) is 1. The second-order valence-electron chi connectivity index (χ2n) is 9.97. The summed E-state index contributed by atoms with van der Waals surface area (Å²) in [6.45, 7) is 8.42. The van der Waals surface area contributed by atoms with E-state index < -0.39 is 6.17 Å². The van der Waals surface area contributed by atoms with Gasteiger partial charge in [0.1, 0.15) is 23.3 Å². The number of ether oxygens (including phenoxy) is 1. The van der Waals surface area contributed by atoms with E-state index in [0.717, 1.165) is 71.6 Å². The number of benzene rings is 1. The van der Waals surface area contributed by atoms with Crippen molar-refractivity contribution >= 4 is 16.7 Å². The molecule has 2 atom stereocenters. The van der Waals surface area contributed by atoms with Gasteiger partial charge >= 0.3 is 0 Å². The minimum absolute atomic E-state index is 0.143. The average molecular weight is 484 g/mol. The van der Waals surface area contributed by atoms with Crippen LogP contribution in [0, 0.1) is 19.7 Å². The molecule has 6 nitrogen and oxygen atoms in total. The zero-order valence-corrected chi connectivity index (χ0v) is 21.1. The van der Waals surface area contributed by atoms with E-state index in [2.05, 4.69) is 22.3 Å². The van der Waals surface area contributed by atoms with Crippen molar-refractivity contribution in [2.24, 2.45) is 7.05 Å². The fraction of sp³-hybridized carbons (Fsp3) is 0.556. The fourth-order valence-corrected chi connectivity index (χ4v) is 5.39. The lowest BCUT2D eigenvalue weighted by Gasteiger charge is -2.37. The Labute approximate surface area is 205 Å². The Hall–Kier alpha value is -2.58. The molecule has 0 bridgehead atoms. The predicted octanol–water partition coefficient (Wildman–Crippen LogP) is 4.64. The third kappa shape index (κ3) is 4.66. The number of alkyl halides is 1. The molecule has 3 aromatic rings. The van der Waals surface area contributed by atoms with E-state index in [9.17, 15) is 4.39 Å². The van der Waals surface area contributed by atoms with Gasteiger partial charge in [-0.15, -0.1) is 0 Å². The highest BCUT2D eigenvalue weighted by molar-refractivity contribution is 5.94. The Morgan fingerprint density at radius 1 is 1.14 bits per heavy atom. The molecule has 2 fully saturated rings. The van der Waals surface area contributed by atoms with Crippen LogP contribution >= 0.6 is 0 Å². The first-order chi connectivity index (χ1) is 16.9. The number of halogens is 2. The van der Waals surface area contributed by atoms with Crippen molar-refractivity contribution in [1.82, 2.24) is 20.1 Å². The van der Waals surface area contributed by atoms with Crippen molar-refractivity contribution in [3.05, 3.63) is 40.8 Å². The van der Waals surface area contributed by atoms with Crippen molar-refractivity contribution in [2.45, 2.75) is 64.7 Å². The molecule has 0 unspecified atom stereocenters. The number of rotatable bonds is 5. The van der Waals surface area contributed by atoms with Crippen LogP contribution in [-0.4, -0.2) is 59.3 Å². The number of piperidine rings is 1. The van der Waals surface area contributed by atoms with Crippen LogP contribution in [0.4, 0.5) is 14.6 Å². The molecule has 5 rings (SSSR count). The summed E-state index contributed by atoms with van der Waals surface area (Å²) in [5.41, 5.74) is 5.25. The topological polar surface area (TPSA) is 55.2 Å². The van der Waals surface area contributed by atoms with E-state index in [1.807, 2.05) is 32.5 Å². The number of nitrogens with one attached hydrogen (secondary N) is 1. The first kappa shape index (κ1) is 24.1. The van der Waals surface area contributed by atoms with Gasteiger partial charge in [-0.05, 0) is 68.9 Å². The molecule has 2 aliphatic heterocycles. The van der Waals surface area contributed by atoms with Crippen LogP contribution in [0.5, 0.6) is 0 Å². The predicted molar refractivity (Wildman–Crippen MR) is 135 cm³/mol. The summed E-state index contributed by atoms with van der Waals surface area (Å²) < 4.78 is 36.5. The Kier molecular flexibility index (Phi) is 6.77. The molecule has 35 heavy (non-hydrogen) atoms. The lowest BCUT2D eigenvalue weighted by atomic mass is 9.96. The molecule has 2 aromatic heterocycles. The Morgan fingerprint density at radius 3 is 2.57 bits per heavy atom. The lowest BCUT2D eigenvalue weighted by Crippen LogP contribution is -2.52. The van der Waals surface area contributed by atoms with E-state index in [1.54, 1.807) is 6.07 Å². The van der Waals surface area contributed by atoms with Gasteiger partial charge in [-0.3, -0.25) is 4.68 Å². The van der Waals surface area contributed by atoms with E-state index in [0.29, 0.717) is 18.5 Å². The molecular formula is C27H35F2N5O. The van der Waals surface area contributed by atoms with Crippen LogP contribution in [-0.2, 0) is 18.2 Å². The van der Waals surface area contributed by atoms with E-state index >= 15 is 4.39 Å². The first-order valence-electron chi connectivity index (χ1n) is 12.7. The second-order valence-corrected chi connectivity index (χ2v) is 9.97. The van der Waals surface area contributed by atoms with Gasteiger partial charge in [-0.25, -0.2) is 13.8 Å². The summed E-state index contributed by atoms with van der Waals surface area (Å²) in [4.78, 5) is 7.15. The molecule has 2 saturated heterocycles. The van der Waals surface area contributed by atoms with Gasteiger partial charge in [0.05, 0.1) is 12.3 Å². The molecule has 0 aliphatic carbocycles. The van der Waals surface area contributed by atoms with Gasteiger partial charge in [-0.2, -0.15) is 5.10 Å². The maximum Gasteiger partial charge on any atom is 0.149 e. The second kappa shape index (κ2) is 9.82. The zero-order valence-electron chi connectivity index (χ0n) is 21.1. The summed E-state index contributed by atoms with van der Waals surface area (Å²) in [5, 5.41) is 9.12. The zero-order chi connectivity index (χ0) is 24.7. The highest BCUT2D eigenvalue weighted by Gasteiger charge is 2.31. The molecule has 0 spiro atoms. The third-order valence-corrected chi connectivity index (χ3v) is 7.65. The number of fused-ring (bicyclic) bond motifs is 1. The quantitative estimate of drug-likeness (QED) is 0.573. The molecule has 2 aliphatic rings. The van der Waals surface area contributed by atoms with Crippen LogP contribution < -0.4 is 10.2 Å². The number of aryl methyl sites for hydroxylation is 4. The number of nitrogens with zero attached hydrogens (tertiary/aromatic N) is 4. The molecule has 0 radical (unpaired) electrons. The van der Waals surface area contributed by atoms with Crippen LogP contribution in [0.25, 0.3) is 22.2 Å². The van der Waals surface area contributed by atoms with Crippen molar-refractivity contribution in [1.29, 1.82) is 0 Å². The molecule has 4 heterocycles. The number of pyridine rings is 1. The number of anilines is 1. The monoisotopic (exact) mass is 483 g/mol. The highest BCUT2D eigenvalue weighted by atomic mass is 19.1. The van der Waals surface area contributed by atoms with Crippen molar-refractivity contribution in [3.63, 3.8) is 0 Å². The van der Waals surface area contributed by atoms with Crippen LogP contribution in [0.1, 0.15) is 43.0 Å². The van der Waals surface area contributed by atoms with Gasteiger partial charge in [0.2, 0.25) is 0 Å². The van der Waals surface area contributed by atoms with E-state index in [1.165, 1.54) is 0 Å². The molecule has 1 aromatic carbocycles.